The van der Waals surface area contributed by atoms with Crippen LogP contribution >= 0.6 is 0 Å². The minimum atomic E-state index is -3.68. The van der Waals surface area contributed by atoms with Crippen molar-refractivity contribution in [2.75, 3.05) is 32.7 Å². The standard InChI is InChI=1S/C25H32FN3O3S/c1-19(21-8-7-20-5-2-3-6-22(20)17-21)27-25(30)18-28-13-4-14-29(16-15-28)33(31,32)24-11-9-23(26)10-12-24/h7-12,17,19H,2-6,13-16,18H2,1H3,(H,27,30). The van der Waals surface area contributed by atoms with Crippen LogP contribution in [0.15, 0.2) is 47.4 Å². The van der Waals surface area contributed by atoms with Gasteiger partial charge in [0, 0.05) is 19.6 Å². The molecule has 2 aromatic carbocycles. The SMILES string of the molecule is CC(NC(=O)CN1CCCN(S(=O)(=O)c2ccc(F)cc2)CC1)c1ccc2c(c1)CCCC2. The van der Waals surface area contributed by atoms with Gasteiger partial charge in [0.2, 0.25) is 15.9 Å². The average Bonchev–Trinajstić information content (AvgIpc) is 3.05. The molecule has 1 amide bonds. The molecule has 2 aromatic rings. The van der Waals surface area contributed by atoms with Gasteiger partial charge in [-0.3, -0.25) is 9.69 Å². The summed E-state index contributed by atoms with van der Waals surface area (Å²) in [4.78, 5) is 14.8. The summed E-state index contributed by atoms with van der Waals surface area (Å²) in [6.45, 7) is 4.04. The number of nitrogens with one attached hydrogen (secondary N) is 1. The van der Waals surface area contributed by atoms with Crippen LogP contribution in [-0.4, -0.2) is 56.3 Å². The molecule has 0 radical (unpaired) electrons. The molecule has 8 heteroatoms. The molecular formula is C25H32FN3O3S. The monoisotopic (exact) mass is 473 g/mol. The molecule has 1 aliphatic carbocycles. The second kappa shape index (κ2) is 10.3. The Morgan fingerprint density at radius 3 is 2.45 bits per heavy atom. The van der Waals surface area contributed by atoms with E-state index in [1.807, 2.05) is 11.8 Å². The number of fused-ring (bicyclic) bond motifs is 1. The molecular weight excluding hydrogens is 441 g/mol. The molecule has 33 heavy (non-hydrogen) atoms. The summed E-state index contributed by atoms with van der Waals surface area (Å²) in [5, 5.41) is 3.10. The Bertz CT molecular complexity index is 1090. The summed E-state index contributed by atoms with van der Waals surface area (Å²) in [6.07, 6.45) is 5.35. The van der Waals surface area contributed by atoms with Gasteiger partial charge in [-0.2, -0.15) is 4.31 Å². The Hall–Kier alpha value is -2.29. The third-order valence-electron chi connectivity index (χ3n) is 6.62. The number of benzene rings is 2. The molecule has 1 atom stereocenters. The van der Waals surface area contributed by atoms with E-state index in [-0.39, 0.29) is 23.4 Å². The fraction of sp³-hybridized carbons (Fsp3) is 0.480. The molecule has 1 heterocycles. The molecule has 1 fully saturated rings. The minimum absolute atomic E-state index is 0.0601. The quantitative estimate of drug-likeness (QED) is 0.699. The Balaban J connectivity index is 1.31. The zero-order valence-electron chi connectivity index (χ0n) is 19.1. The van der Waals surface area contributed by atoms with Crippen LogP contribution in [0, 0.1) is 5.82 Å². The zero-order valence-corrected chi connectivity index (χ0v) is 19.9. The number of halogens is 1. The number of hydrogen-bond acceptors (Lipinski definition) is 4. The second-order valence-corrected chi connectivity index (χ2v) is 11.0. The lowest BCUT2D eigenvalue weighted by molar-refractivity contribution is -0.122. The van der Waals surface area contributed by atoms with Gasteiger partial charge in [0.25, 0.3) is 0 Å². The molecule has 2 aliphatic rings. The van der Waals surface area contributed by atoms with Crippen LogP contribution in [0.3, 0.4) is 0 Å². The van der Waals surface area contributed by atoms with Crippen molar-refractivity contribution < 1.29 is 17.6 Å². The zero-order chi connectivity index (χ0) is 23.4. The van der Waals surface area contributed by atoms with Crippen molar-refractivity contribution in [1.29, 1.82) is 0 Å². The highest BCUT2D eigenvalue weighted by Gasteiger charge is 2.27. The van der Waals surface area contributed by atoms with Crippen molar-refractivity contribution in [1.82, 2.24) is 14.5 Å². The molecule has 4 rings (SSSR count). The predicted octanol–water partition coefficient (Wildman–Crippen LogP) is 3.28. The molecule has 0 saturated carbocycles. The van der Waals surface area contributed by atoms with Gasteiger partial charge in [-0.1, -0.05) is 18.2 Å². The van der Waals surface area contributed by atoms with Crippen molar-refractivity contribution in [2.24, 2.45) is 0 Å². The number of sulfonamides is 1. The molecule has 1 unspecified atom stereocenters. The first kappa shape index (κ1) is 23.9. The van der Waals surface area contributed by atoms with E-state index in [9.17, 15) is 17.6 Å². The number of hydrogen-bond donors (Lipinski definition) is 1. The van der Waals surface area contributed by atoms with Crippen LogP contribution in [-0.2, 0) is 27.7 Å². The van der Waals surface area contributed by atoms with Crippen molar-refractivity contribution in [2.45, 2.75) is 50.0 Å². The third kappa shape index (κ3) is 5.80. The van der Waals surface area contributed by atoms with Gasteiger partial charge in [0.15, 0.2) is 0 Å². The lowest BCUT2D eigenvalue weighted by Gasteiger charge is -2.23. The van der Waals surface area contributed by atoms with E-state index in [0.29, 0.717) is 32.6 Å². The molecule has 6 nitrogen and oxygen atoms in total. The fourth-order valence-corrected chi connectivity index (χ4v) is 6.17. The minimum Gasteiger partial charge on any atom is -0.348 e. The van der Waals surface area contributed by atoms with E-state index in [4.69, 9.17) is 0 Å². The van der Waals surface area contributed by atoms with Gasteiger partial charge in [-0.25, -0.2) is 12.8 Å². The normalized spacial score (nSPS) is 18.8. The molecule has 1 N–H and O–H groups in total. The van der Waals surface area contributed by atoms with E-state index < -0.39 is 15.8 Å². The molecule has 0 bridgehead atoms. The number of carbonyl (C=O) groups excluding carboxylic acids is 1. The summed E-state index contributed by atoms with van der Waals surface area (Å²) in [5.41, 5.74) is 3.94. The maximum atomic E-state index is 13.2. The van der Waals surface area contributed by atoms with E-state index in [1.165, 1.54) is 40.4 Å². The Morgan fingerprint density at radius 1 is 0.970 bits per heavy atom. The summed E-state index contributed by atoms with van der Waals surface area (Å²) in [5.74, 6) is -0.526. The first-order valence-electron chi connectivity index (χ1n) is 11.7. The highest BCUT2D eigenvalue weighted by molar-refractivity contribution is 7.89. The van der Waals surface area contributed by atoms with Gasteiger partial charge in [-0.05, 0) is 86.5 Å². The fourth-order valence-electron chi connectivity index (χ4n) is 4.70. The number of amides is 1. The van der Waals surface area contributed by atoms with Crippen LogP contribution in [0.5, 0.6) is 0 Å². The van der Waals surface area contributed by atoms with Crippen molar-refractivity contribution >= 4 is 15.9 Å². The third-order valence-corrected chi connectivity index (χ3v) is 8.53. The molecule has 178 valence electrons. The Kier molecular flexibility index (Phi) is 7.46. The predicted molar refractivity (Wildman–Crippen MR) is 126 cm³/mol. The van der Waals surface area contributed by atoms with Crippen LogP contribution in [0.25, 0.3) is 0 Å². The highest BCUT2D eigenvalue weighted by Crippen LogP contribution is 2.25. The van der Waals surface area contributed by atoms with E-state index in [1.54, 1.807) is 0 Å². The molecule has 0 spiro atoms. The number of nitrogens with zero attached hydrogens (tertiary/aromatic N) is 2. The Labute approximate surface area is 195 Å². The molecule has 0 aromatic heterocycles. The summed E-state index contributed by atoms with van der Waals surface area (Å²) >= 11 is 0. The lowest BCUT2D eigenvalue weighted by atomic mass is 9.89. The van der Waals surface area contributed by atoms with Gasteiger partial charge >= 0.3 is 0 Å². The summed E-state index contributed by atoms with van der Waals surface area (Å²) in [6, 6.07) is 11.4. The average molecular weight is 474 g/mol. The smallest absolute Gasteiger partial charge is 0.243 e. The van der Waals surface area contributed by atoms with Crippen molar-refractivity contribution in [3.05, 3.63) is 65.0 Å². The van der Waals surface area contributed by atoms with Gasteiger partial charge in [-0.15, -0.1) is 0 Å². The van der Waals surface area contributed by atoms with Crippen LogP contribution < -0.4 is 5.32 Å². The first-order chi connectivity index (χ1) is 15.8. The topological polar surface area (TPSA) is 69.7 Å². The highest BCUT2D eigenvalue weighted by atomic mass is 32.2. The lowest BCUT2D eigenvalue weighted by Crippen LogP contribution is -2.40. The van der Waals surface area contributed by atoms with E-state index in [2.05, 4.69) is 23.5 Å². The van der Waals surface area contributed by atoms with E-state index in [0.717, 1.165) is 30.5 Å². The number of rotatable bonds is 6. The van der Waals surface area contributed by atoms with Crippen LogP contribution in [0.1, 0.15) is 48.9 Å². The first-order valence-corrected chi connectivity index (χ1v) is 13.2. The second-order valence-electron chi connectivity index (χ2n) is 9.01. The maximum Gasteiger partial charge on any atom is 0.243 e. The number of aryl methyl sites for hydroxylation is 2. The molecule has 1 aliphatic heterocycles. The van der Waals surface area contributed by atoms with Crippen LogP contribution in [0.4, 0.5) is 4.39 Å². The summed E-state index contributed by atoms with van der Waals surface area (Å²) in [7, 11) is -3.68. The van der Waals surface area contributed by atoms with Crippen molar-refractivity contribution in [3.63, 3.8) is 0 Å². The number of carbonyl (C=O) groups is 1. The van der Waals surface area contributed by atoms with Gasteiger partial charge in [0.05, 0.1) is 17.5 Å². The maximum absolute atomic E-state index is 13.2. The van der Waals surface area contributed by atoms with Gasteiger partial charge in [0.1, 0.15) is 5.82 Å². The Morgan fingerprint density at radius 2 is 1.70 bits per heavy atom. The van der Waals surface area contributed by atoms with E-state index >= 15 is 0 Å². The molecule has 1 saturated heterocycles. The van der Waals surface area contributed by atoms with Crippen LogP contribution in [0.2, 0.25) is 0 Å². The van der Waals surface area contributed by atoms with Gasteiger partial charge < -0.3 is 5.32 Å². The largest absolute Gasteiger partial charge is 0.348 e. The van der Waals surface area contributed by atoms with Crippen molar-refractivity contribution in [3.8, 4) is 0 Å². The summed E-state index contributed by atoms with van der Waals surface area (Å²) < 4.78 is 40.4.